The second-order valence-corrected chi connectivity index (χ2v) is 10.1. The molecular weight excluding hydrogens is 481 g/mol. The summed E-state index contributed by atoms with van der Waals surface area (Å²) in [5.74, 6) is -0.241. The number of ether oxygens (including phenoxy) is 1. The Balaban J connectivity index is 1.34. The molecule has 3 heterocycles. The van der Waals surface area contributed by atoms with Gasteiger partial charge in [-0.25, -0.2) is 4.39 Å². The number of alkyl halides is 1. The van der Waals surface area contributed by atoms with Gasteiger partial charge in [-0.15, -0.1) is 0 Å². The summed E-state index contributed by atoms with van der Waals surface area (Å²) in [6, 6.07) is 9.35. The summed E-state index contributed by atoms with van der Waals surface area (Å²) in [7, 11) is 1.55. The minimum atomic E-state index is -1.39. The number of aryl methyl sites for hydroxylation is 1. The van der Waals surface area contributed by atoms with Crippen molar-refractivity contribution in [3.05, 3.63) is 65.1 Å². The third-order valence-electron chi connectivity index (χ3n) is 7.46. The van der Waals surface area contributed by atoms with E-state index >= 15 is 4.39 Å². The Kier molecular flexibility index (Phi) is 8.75. The van der Waals surface area contributed by atoms with Crippen molar-refractivity contribution in [3.8, 4) is 5.75 Å². The highest BCUT2D eigenvalue weighted by molar-refractivity contribution is 6.32. The molecule has 8 heteroatoms. The number of hydrogen-bond acceptors (Lipinski definition) is 5. The van der Waals surface area contributed by atoms with Crippen LogP contribution >= 0.6 is 11.6 Å². The molecule has 0 spiro atoms. The average Bonchev–Trinajstić information content (AvgIpc) is 2.90. The van der Waals surface area contributed by atoms with Crippen LogP contribution in [0.3, 0.4) is 0 Å². The SMILES string of the molecule is COc1ccc2ncc(Cl)c([C@@H](F)CCC3(C(=O)O)CCN(CCCCc4ccncc4)CC3)c2c1. The molecule has 0 amide bonds. The van der Waals surface area contributed by atoms with Crippen LogP contribution in [0.5, 0.6) is 5.75 Å². The van der Waals surface area contributed by atoms with Crippen LogP contribution in [0.15, 0.2) is 48.9 Å². The van der Waals surface area contributed by atoms with E-state index in [0.717, 1.165) is 25.8 Å². The molecule has 6 nitrogen and oxygen atoms in total. The van der Waals surface area contributed by atoms with Crippen molar-refractivity contribution in [2.45, 2.75) is 51.1 Å². The number of benzene rings is 1. The van der Waals surface area contributed by atoms with Gasteiger partial charge in [0, 0.05) is 29.5 Å². The fraction of sp³-hybridized carbons (Fsp3) is 0.464. The smallest absolute Gasteiger partial charge is 0.309 e. The number of fused-ring (bicyclic) bond motifs is 1. The number of carboxylic acid groups (broad SMARTS) is 1. The molecule has 1 aliphatic rings. The van der Waals surface area contributed by atoms with Gasteiger partial charge in [0.1, 0.15) is 11.9 Å². The van der Waals surface area contributed by atoms with Crippen molar-refractivity contribution < 1.29 is 19.0 Å². The summed E-state index contributed by atoms with van der Waals surface area (Å²) in [6.07, 6.45) is 8.27. The lowest BCUT2D eigenvalue weighted by molar-refractivity contribution is -0.153. The molecule has 1 atom stereocenters. The quantitative estimate of drug-likeness (QED) is 0.304. The van der Waals surface area contributed by atoms with Crippen molar-refractivity contribution in [3.63, 3.8) is 0 Å². The Morgan fingerprint density at radius 2 is 1.97 bits per heavy atom. The molecular formula is C28H33ClFN3O3. The lowest BCUT2D eigenvalue weighted by Gasteiger charge is -2.39. The number of piperidine rings is 1. The maximum Gasteiger partial charge on any atom is 0.309 e. The Morgan fingerprint density at radius 3 is 2.67 bits per heavy atom. The number of hydrogen-bond donors (Lipinski definition) is 1. The molecule has 4 rings (SSSR count). The molecule has 36 heavy (non-hydrogen) atoms. The van der Waals surface area contributed by atoms with E-state index in [-0.39, 0.29) is 17.9 Å². The standard InChI is InChI=1S/C28H33ClFN3O3/c1-36-21-5-6-25-22(18-21)26(23(29)19-32-25)24(30)7-10-28(27(34)35)11-16-33(17-12-28)15-3-2-4-20-8-13-31-14-9-20/h5-6,8-9,13-14,18-19,24H,2-4,7,10-12,15-17H2,1H3,(H,34,35)/t24-/m0/s1. The zero-order chi connectivity index (χ0) is 25.5. The van der Waals surface area contributed by atoms with Gasteiger partial charge in [-0.1, -0.05) is 11.6 Å². The van der Waals surface area contributed by atoms with E-state index in [1.807, 2.05) is 24.5 Å². The normalized spacial score (nSPS) is 16.6. The lowest BCUT2D eigenvalue weighted by atomic mass is 9.74. The van der Waals surface area contributed by atoms with E-state index in [1.165, 1.54) is 11.8 Å². The van der Waals surface area contributed by atoms with E-state index in [2.05, 4.69) is 14.9 Å². The number of rotatable bonds is 11. The highest BCUT2D eigenvalue weighted by atomic mass is 35.5. The first-order chi connectivity index (χ1) is 17.4. The van der Waals surface area contributed by atoms with Crippen LogP contribution in [0.25, 0.3) is 10.9 Å². The van der Waals surface area contributed by atoms with Crippen LogP contribution < -0.4 is 4.74 Å². The number of methoxy groups -OCH3 is 1. The minimum absolute atomic E-state index is 0.0915. The van der Waals surface area contributed by atoms with Crippen molar-refractivity contribution in [2.24, 2.45) is 5.41 Å². The van der Waals surface area contributed by atoms with Crippen LogP contribution in [0.4, 0.5) is 4.39 Å². The molecule has 1 N–H and O–H groups in total. The number of nitrogens with zero attached hydrogens (tertiary/aromatic N) is 3. The molecule has 1 aliphatic heterocycles. The van der Waals surface area contributed by atoms with Gasteiger partial charge in [0.05, 0.1) is 23.1 Å². The third-order valence-corrected chi connectivity index (χ3v) is 7.76. The van der Waals surface area contributed by atoms with Crippen molar-refractivity contribution in [2.75, 3.05) is 26.7 Å². The van der Waals surface area contributed by atoms with Gasteiger partial charge >= 0.3 is 5.97 Å². The Morgan fingerprint density at radius 1 is 1.22 bits per heavy atom. The van der Waals surface area contributed by atoms with E-state index in [4.69, 9.17) is 16.3 Å². The fourth-order valence-electron chi connectivity index (χ4n) is 5.15. The molecule has 3 aromatic rings. The molecule has 0 saturated carbocycles. The maximum absolute atomic E-state index is 15.6. The first kappa shape index (κ1) is 26.3. The molecule has 1 saturated heterocycles. The summed E-state index contributed by atoms with van der Waals surface area (Å²) in [4.78, 5) is 23.0. The summed E-state index contributed by atoms with van der Waals surface area (Å²) >= 11 is 6.36. The number of carboxylic acids is 1. The average molecular weight is 514 g/mol. The highest BCUT2D eigenvalue weighted by Crippen LogP contribution is 2.42. The zero-order valence-electron chi connectivity index (χ0n) is 20.6. The summed E-state index contributed by atoms with van der Waals surface area (Å²) in [6.45, 7) is 2.39. The molecule has 0 aliphatic carbocycles. The Labute approximate surface area is 216 Å². The van der Waals surface area contributed by atoms with Gasteiger partial charge in [0.25, 0.3) is 0 Å². The number of unbranched alkanes of at least 4 members (excludes halogenated alkanes) is 1. The molecule has 192 valence electrons. The number of carbonyl (C=O) groups is 1. The molecule has 2 aromatic heterocycles. The maximum atomic E-state index is 15.6. The van der Waals surface area contributed by atoms with Gasteiger partial charge in [-0.05, 0) is 100 Å². The van der Waals surface area contributed by atoms with Crippen LogP contribution in [-0.2, 0) is 11.2 Å². The van der Waals surface area contributed by atoms with Crippen LogP contribution in [0.1, 0.15) is 55.8 Å². The monoisotopic (exact) mass is 513 g/mol. The van der Waals surface area contributed by atoms with E-state index in [1.54, 1.807) is 25.3 Å². The van der Waals surface area contributed by atoms with E-state index in [9.17, 15) is 9.90 Å². The van der Waals surface area contributed by atoms with Crippen LogP contribution in [0, 0.1) is 5.41 Å². The number of aromatic nitrogens is 2. The van der Waals surface area contributed by atoms with Crippen molar-refractivity contribution in [1.82, 2.24) is 14.9 Å². The molecule has 1 aromatic carbocycles. The second kappa shape index (κ2) is 12.0. The van der Waals surface area contributed by atoms with Gasteiger partial charge < -0.3 is 14.7 Å². The highest BCUT2D eigenvalue weighted by Gasteiger charge is 2.41. The van der Waals surface area contributed by atoms with E-state index in [0.29, 0.717) is 48.1 Å². The predicted octanol–water partition coefficient (Wildman–Crippen LogP) is 6.27. The zero-order valence-corrected chi connectivity index (χ0v) is 21.4. The molecule has 0 bridgehead atoms. The van der Waals surface area contributed by atoms with Crippen LogP contribution in [0.2, 0.25) is 5.02 Å². The summed E-state index contributed by atoms with van der Waals surface area (Å²) < 4.78 is 20.9. The Hall–Kier alpha value is -2.77. The Bertz CT molecular complexity index is 1170. The fourth-order valence-corrected chi connectivity index (χ4v) is 5.42. The molecule has 0 radical (unpaired) electrons. The molecule has 0 unspecified atom stereocenters. The van der Waals surface area contributed by atoms with Crippen LogP contribution in [-0.4, -0.2) is 52.7 Å². The summed E-state index contributed by atoms with van der Waals surface area (Å²) in [5.41, 5.74) is 1.36. The van der Waals surface area contributed by atoms with Crippen molar-refractivity contribution >= 4 is 28.5 Å². The minimum Gasteiger partial charge on any atom is -0.497 e. The predicted molar refractivity (Wildman–Crippen MR) is 139 cm³/mol. The topological polar surface area (TPSA) is 75.6 Å². The number of likely N-dealkylation sites (tertiary alicyclic amines) is 1. The largest absolute Gasteiger partial charge is 0.497 e. The lowest BCUT2D eigenvalue weighted by Crippen LogP contribution is -2.44. The number of halogens is 2. The second-order valence-electron chi connectivity index (χ2n) is 9.65. The number of aliphatic carboxylic acids is 1. The van der Waals surface area contributed by atoms with Gasteiger partial charge in [0.2, 0.25) is 0 Å². The van der Waals surface area contributed by atoms with Gasteiger partial charge in [-0.2, -0.15) is 0 Å². The molecule has 1 fully saturated rings. The van der Waals surface area contributed by atoms with Gasteiger partial charge in [-0.3, -0.25) is 14.8 Å². The summed E-state index contributed by atoms with van der Waals surface area (Å²) in [5, 5.41) is 10.9. The third kappa shape index (κ3) is 6.13. The number of pyridine rings is 2. The van der Waals surface area contributed by atoms with Gasteiger partial charge in [0.15, 0.2) is 0 Å². The van der Waals surface area contributed by atoms with E-state index < -0.39 is 17.6 Å². The van der Waals surface area contributed by atoms with Crippen molar-refractivity contribution in [1.29, 1.82) is 0 Å². The first-order valence-corrected chi connectivity index (χ1v) is 12.9. The first-order valence-electron chi connectivity index (χ1n) is 12.5.